The summed E-state index contributed by atoms with van der Waals surface area (Å²) in [4.78, 5) is 24.0. The second-order valence-corrected chi connectivity index (χ2v) is 8.01. The molecule has 4 rings (SSSR count). The van der Waals surface area contributed by atoms with E-state index < -0.39 is 0 Å². The first-order valence-electron chi connectivity index (χ1n) is 10.8. The molecule has 1 amide bonds. The van der Waals surface area contributed by atoms with Crippen LogP contribution in [0.5, 0.6) is 0 Å². The van der Waals surface area contributed by atoms with Gasteiger partial charge < -0.3 is 5.32 Å². The molecule has 160 valence electrons. The first-order chi connectivity index (χ1) is 15.1. The Morgan fingerprint density at radius 2 is 1.90 bits per heavy atom. The van der Waals surface area contributed by atoms with E-state index in [2.05, 4.69) is 20.2 Å². The maximum atomic E-state index is 13.2. The number of likely N-dealkylation sites (tertiary alicyclic amines) is 1. The van der Waals surface area contributed by atoms with Crippen LogP contribution in [0.2, 0.25) is 0 Å². The maximum Gasteiger partial charge on any atom is 0.228 e. The highest BCUT2D eigenvalue weighted by molar-refractivity contribution is 5.93. The number of nitrogens with one attached hydrogen (secondary N) is 1. The highest BCUT2D eigenvalue weighted by Gasteiger charge is 2.26. The average Bonchev–Trinajstić information content (AvgIpc) is 2.80. The van der Waals surface area contributed by atoms with Crippen molar-refractivity contribution in [2.24, 2.45) is 5.92 Å². The third kappa shape index (κ3) is 5.52. The molecule has 5 nitrogen and oxygen atoms in total. The molecule has 1 N–H and O–H groups in total. The van der Waals surface area contributed by atoms with Crippen molar-refractivity contribution in [1.82, 2.24) is 14.9 Å². The third-order valence-corrected chi connectivity index (χ3v) is 5.67. The third-order valence-electron chi connectivity index (χ3n) is 5.67. The first-order valence-corrected chi connectivity index (χ1v) is 10.8. The van der Waals surface area contributed by atoms with E-state index in [0.717, 1.165) is 67.1 Å². The van der Waals surface area contributed by atoms with Gasteiger partial charge in [0.1, 0.15) is 11.6 Å². The highest BCUT2D eigenvalue weighted by Crippen LogP contribution is 2.25. The monoisotopic (exact) mass is 418 g/mol. The van der Waals surface area contributed by atoms with E-state index in [0.29, 0.717) is 0 Å². The molecule has 0 bridgehead atoms. The topological polar surface area (TPSA) is 58.1 Å². The van der Waals surface area contributed by atoms with Crippen LogP contribution < -0.4 is 5.32 Å². The van der Waals surface area contributed by atoms with Crippen LogP contribution in [0.15, 0.2) is 60.9 Å². The molecule has 1 aliphatic rings. The van der Waals surface area contributed by atoms with Crippen molar-refractivity contribution < 1.29 is 9.18 Å². The smallest absolute Gasteiger partial charge is 0.228 e. The van der Waals surface area contributed by atoms with Gasteiger partial charge in [0.15, 0.2) is 0 Å². The molecule has 0 unspecified atom stereocenters. The van der Waals surface area contributed by atoms with E-state index in [1.807, 2.05) is 43.6 Å². The number of aryl methyl sites for hydroxylation is 1. The molecule has 0 saturated carbocycles. The number of benzene rings is 2. The number of carbonyl (C=O) groups excluding carboxylic acids is 1. The summed E-state index contributed by atoms with van der Waals surface area (Å²) in [6.07, 6.45) is 6.47. The molecule has 0 spiro atoms. The average molecular weight is 419 g/mol. The number of hydrogen-bond donors (Lipinski definition) is 1. The van der Waals surface area contributed by atoms with Crippen LogP contribution in [0, 0.1) is 11.7 Å². The van der Waals surface area contributed by atoms with Crippen molar-refractivity contribution in [2.45, 2.75) is 32.7 Å². The zero-order chi connectivity index (χ0) is 21.6. The van der Waals surface area contributed by atoms with Crippen LogP contribution in [-0.2, 0) is 17.8 Å². The van der Waals surface area contributed by atoms with E-state index in [-0.39, 0.29) is 17.6 Å². The number of anilines is 1. The minimum atomic E-state index is -0.261. The van der Waals surface area contributed by atoms with E-state index in [1.54, 1.807) is 12.1 Å². The number of hydrogen-bond acceptors (Lipinski definition) is 4. The number of amides is 1. The summed E-state index contributed by atoms with van der Waals surface area (Å²) in [5.74, 6) is 0.572. The fourth-order valence-corrected chi connectivity index (χ4v) is 3.98. The van der Waals surface area contributed by atoms with Crippen molar-refractivity contribution in [3.63, 3.8) is 0 Å². The number of nitrogens with zero attached hydrogens (tertiary/aromatic N) is 3. The molecule has 1 aliphatic heterocycles. The molecule has 0 aliphatic carbocycles. The second kappa shape index (κ2) is 9.79. The van der Waals surface area contributed by atoms with Gasteiger partial charge in [-0.05, 0) is 54.8 Å². The Morgan fingerprint density at radius 3 is 2.65 bits per heavy atom. The minimum Gasteiger partial charge on any atom is -0.326 e. The Morgan fingerprint density at radius 1 is 1.13 bits per heavy atom. The number of rotatable bonds is 6. The largest absolute Gasteiger partial charge is 0.326 e. The molecule has 1 aromatic heterocycles. The van der Waals surface area contributed by atoms with Gasteiger partial charge in [-0.1, -0.05) is 31.2 Å². The van der Waals surface area contributed by atoms with E-state index in [1.165, 1.54) is 12.1 Å². The zero-order valence-corrected chi connectivity index (χ0v) is 17.7. The van der Waals surface area contributed by atoms with Crippen LogP contribution in [-0.4, -0.2) is 33.9 Å². The molecule has 1 saturated heterocycles. The lowest BCUT2D eigenvalue weighted by Gasteiger charge is -2.31. The van der Waals surface area contributed by atoms with Crippen molar-refractivity contribution in [2.75, 3.05) is 18.4 Å². The van der Waals surface area contributed by atoms with Gasteiger partial charge in [0.05, 0.1) is 5.92 Å². The predicted octanol–water partition coefficient (Wildman–Crippen LogP) is 4.70. The molecule has 1 fully saturated rings. The van der Waals surface area contributed by atoms with Crippen LogP contribution >= 0.6 is 0 Å². The predicted molar refractivity (Wildman–Crippen MR) is 120 cm³/mol. The molecule has 6 heteroatoms. The van der Waals surface area contributed by atoms with Gasteiger partial charge in [-0.15, -0.1) is 0 Å². The molecule has 1 atom stereocenters. The molecule has 3 aromatic rings. The van der Waals surface area contributed by atoms with E-state index in [9.17, 15) is 9.18 Å². The standard InChI is InChI=1S/C25H27FN4O/c1-2-24-27-14-18(15-28-24)16-30-12-4-6-21(17-30)25(31)29-23-7-3-5-20(13-23)19-8-10-22(26)11-9-19/h3,5,7-11,13-15,21H,2,4,6,12,16-17H2,1H3,(H,29,31)/t21-/m1/s1. The molecular formula is C25H27FN4O. The Kier molecular flexibility index (Phi) is 6.67. The molecule has 2 heterocycles. The van der Waals surface area contributed by atoms with Gasteiger partial charge in [-0.3, -0.25) is 9.69 Å². The fourth-order valence-electron chi connectivity index (χ4n) is 3.98. The van der Waals surface area contributed by atoms with Gasteiger partial charge >= 0.3 is 0 Å². The quantitative estimate of drug-likeness (QED) is 0.631. The van der Waals surface area contributed by atoms with Crippen molar-refractivity contribution in [1.29, 1.82) is 0 Å². The molecule has 31 heavy (non-hydrogen) atoms. The number of aromatic nitrogens is 2. The van der Waals surface area contributed by atoms with Gasteiger partial charge in [0, 0.05) is 43.2 Å². The van der Waals surface area contributed by atoms with Crippen molar-refractivity contribution in [3.8, 4) is 11.1 Å². The number of piperidine rings is 1. The van der Waals surface area contributed by atoms with Gasteiger partial charge in [-0.25, -0.2) is 14.4 Å². The zero-order valence-electron chi connectivity index (χ0n) is 17.7. The maximum absolute atomic E-state index is 13.2. The van der Waals surface area contributed by atoms with Gasteiger partial charge in [0.25, 0.3) is 0 Å². The van der Waals surface area contributed by atoms with Gasteiger partial charge in [-0.2, -0.15) is 0 Å². The van der Waals surface area contributed by atoms with Crippen molar-refractivity contribution in [3.05, 3.63) is 78.1 Å². The molecule has 0 radical (unpaired) electrons. The summed E-state index contributed by atoms with van der Waals surface area (Å²) in [6, 6.07) is 14.0. The Hall–Kier alpha value is -3.12. The fraction of sp³-hybridized carbons (Fsp3) is 0.320. The minimum absolute atomic E-state index is 0.0403. The SMILES string of the molecule is CCc1ncc(CN2CCC[C@@H](C(=O)Nc3cccc(-c4ccc(F)cc4)c3)C2)cn1. The Bertz CT molecular complexity index is 1020. The lowest BCUT2D eigenvalue weighted by Crippen LogP contribution is -2.40. The molecular weight excluding hydrogens is 391 g/mol. The summed E-state index contributed by atoms with van der Waals surface area (Å²) in [6.45, 7) is 4.49. The van der Waals surface area contributed by atoms with Crippen LogP contribution in [0.4, 0.5) is 10.1 Å². The number of carbonyl (C=O) groups is 1. The van der Waals surface area contributed by atoms with Crippen LogP contribution in [0.1, 0.15) is 31.2 Å². The summed E-state index contributed by atoms with van der Waals surface area (Å²) in [7, 11) is 0. The van der Waals surface area contributed by atoms with E-state index >= 15 is 0 Å². The lowest BCUT2D eigenvalue weighted by atomic mass is 9.96. The van der Waals surface area contributed by atoms with Crippen LogP contribution in [0.3, 0.4) is 0 Å². The van der Waals surface area contributed by atoms with Crippen molar-refractivity contribution >= 4 is 11.6 Å². The highest BCUT2D eigenvalue weighted by atomic mass is 19.1. The first kappa shape index (κ1) is 21.1. The second-order valence-electron chi connectivity index (χ2n) is 8.01. The lowest BCUT2D eigenvalue weighted by molar-refractivity contribution is -0.121. The Labute approximate surface area is 182 Å². The van der Waals surface area contributed by atoms with Crippen LogP contribution in [0.25, 0.3) is 11.1 Å². The van der Waals surface area contributed by atoms with Gasteiger partial charge in [0.2, 0.25) is 5.91 Å². The summed E-state index contributed by atoms with van der Waals surface area (Å²) >= 11 is 0. The normalized spacial score (nSPS) is 16.8. The molecule has 2 aromatic carbocycles. The summed E-state index contributed by atoms with van der Waals surface area (Å²) < 4.78 is 13.2. The Balaban J connectivity index is 1.37. The summed E-state index contributed by atoms with van der Waals surface area (Å²) in [5, 5.41) is 3.07. The number of halogens is 1. The van der Waals surface area contributed by atoms with E-state index in [4.69, 9.17) is 0 Å². The summed E-state index contributed by atoms with van der Waals surface area (Å²) in [5.41, 5.74) is 3.69.